The first-order chi connectivity index (χ1) is 13.1. The standard InChI is InChI=1S/C20H21FN4S2/c1-3-10-24-19(15-4-6-16(21)7-5-15)22-25(20(24)26)13-23-11-8-18-17(14(23)2)9-12-27-18/h3-7,9,12,14H,1,8,10-11,13H2,2H3/p+1/t14-/m1/s1. The number of nitrogens with one attached hydrogen (secondary N) is 1. The van der Waals surface area contributed by atoms with Crippen molar-refractivity contribution >= 4 is 23.6 Å². The molecule has 0 fully saturated rings. The molecule has 0 radical (unpaired) electrons. The van der Waals surface area contributed by atoms with E-state index < -0.39 is 0 Å². The van der Waals surface area contributed by atoms with Gasteiger partial charge in [0.15, 0.2) is 12.5 Å². The van der Waals surface area contributed by atoms with Gasteiger partial charge in [-0.1, -0.05) is 6.08 Å². The number of hydrogen-bond donors (Lipinski definition) is 1. The van der Waals surface area contributed by atoms with Crippen LogP contribution in [0.15, 0.2) is 48.4 Å². The van der Waals surface area contributed by atoms with Crippen LogP contribution in [-0.4, -0.2) is 20.9 Å². The Kier molecular flexibility index (Phi) is 5.08. The maximum Gasteiger partial charge on any atom is 0.203 e. The van der Waals surface area contributed by atoms with Gasteiger partial charge in [0, 0.05) is 29.0 Å². The fourth-order valence-electron chi connectivity index (χ4n) is 3.71. The molecule has 4 nitrogen and oxygen atoms in total. The molecule has 7 heteroatoms. The normalized spacial score (nSPS) is 19.0. The van der Waals surface area contributed by atoms with Gasteiger partial charge in [-0.15, -0.1) is 23.0 Å². The van der Waals surface area contributed by atoms with E-state index in [-0.39, 0.29) is 5.82 Å². The first-order valence-electron chi connectivity index (χ1n) is 9.04. The average molecular weight is 402 g/mol. The summed E-state index contributed by atoms with van der Waals surface area (Å²) < 4.78 is 17.8. The molecule has 2 atom stereocenters. The summed E-state index contributed by atoms with van der Waals surface area (Å²) >= 11 is 7.55. The number of benzene rings is 1. The molecule has 1 N–H and O–H groups in total. The number of quaternary nitrogens is 1. The van der Waals surface area contributed by atoms with Crippen molar-refractivity contribution in [2.75, 3.05) is 6.54 Å². The molecule has 3 aromatic rings. The molecule has 0 saturated heterocycles. The first-order valence-corrected chi connectivity index (χ1v) is 10.3. The predicted molar refractivity (Wildman–Crippen MR) is 109 cm³/mol. The van der Waals surface area contributed by atoms with Gasteiger partial charge in [0.2, 0.25) is 4.77 Å². The minimum Gasteiger partial charge on any atom is -0.310 e. The Balaban J connectivity index is 1.67. The lowest BCUT2D eigenvalue weighted by molar-refractivity contribution is -0.954. The molecule has 0 aliphatic carbocycles. The second-order valence-electron chi connectivity index (χ2n) is 6.85. The van der Waals surface area contributed by atoms with E-state index in [1.54, 1.807) is 12.1 Å². The molecule has 0 spiro atoms. The van der Waals surface area contributed by atoms with Crippen LogP contribution in [0.3, 0.4) is 0 Å². The van der Waals surface area contributed by atoms with Crippen LogP contribution < -0.4 is 4.90 Å². The zero-order chi connectivity index (χ0) is 19.0. The van der Waals surface area contributed by atoms with E-state index >= 15 is 0 Å². The molecule has 3 heterocycles. The van der Waals surface area contributed by atoms with Gasteiger partial charge in [0.1, 0.15) is 11.9 Å². The Morgan fingerprint density at radius 1 is 1.37 bits per heavy atom. The Bertz CT molecular complexity index is 1020. The van der Waals surface area contributed by atoms with Crippen molar-refractivity contribution in [3.05, 3.63) is 69.4 Å². The summed E-state index contributed by atoms with van der Waals surface area (Å²) in [5, 5.41) is 6.97. The third kappa shape index (κ3) is 3.42. The molecule has 1 aliphatic heterocycles. The van der Waals surface area contributed by atoms with Crippen LogP contribution in [0.5, 0.6) is 0 Å². The van der Waals surface area contributed by atoms with Gasteiger partial charge in [-0.05, 0) is 54.9 Å². The van der Waals surface area contributed by atoms with E-state index in [0.717, 1.165) is 24.4 Å². The van der Waals surface area contributed by atoms with Crippen LogP contribution in [0.2, 0.25) is 0 Å². The third-order valence-corrected chi connectivity index (χ3v) is 6.65. The van der Waals surface area contributed by atoms with Crippen LogP contribution in [0.25, 0.3) is 11.4 Å². The van der Waals surface area contributed by atoms with Gasteiger partial charge in [-0.3, -0.25) is 4.57 Å². The summed E-state index contributed by atoms with van der Waals surface area (Å²) in [5.41, 5.74) is 2.29. The van der Waals surface area contributed by atoms with Crippen molar-refractivity contribution in [2.45, 2.75) is 32.6 Å². The molecule has 2 aromatic heterocycles. The lowest BCUT2D eigenvalue weighted by atomic mass is 10.0. The summed E-state index contributed by atoms with van der Waals surface area (Å²) in [7, 11) is 0. The highest BCUT2D eigenvalue weighted by atomic mass is 32.1. The molecular formula is C20H22FN4S2+. The lowest BCUT2D eigenvalue weighted by Gasteiger charge is -2.30. The summed E-state index contributed by atoms with van der Waals surface area (Å²) in [4.78, 5) is 2.95. The number of allylic oxidation sites excluding steroid dienone is 1. The van der Waals surface area contributed by atoms with Crippen LogP contribution >= 0.6 is 23.6 Å². The second kappa shape index (κ2) is 7.50. The van der Waals surface area contributed by atoms with E-state index in [9.17, 15) is 4.39 Å². The topological polar surface area (TPSA) is 27.2 Å². The van der Waals surface area contributed by atoms with E-state index in [2.05, 4.69) is 24.9 Å². The summed E-state index contributed by atoms with van der Waals surface area (Å²) in [6, 6.07) is 9.04. The van der Waals surface area contributed by atoms with Gasteiger partial charge >= 0.3 is 0 Å². The van der Waals surface area contributed by atoms with Crippen LogP contribution in [0.4, 0.5) is 4.39 Å². The molecule has 140 valence electrons. The Morgan fingerprint density at radius 2 is 2.15 bits per heavy atom. The second-order valence-corrected chi connectivity index (χ2v) is 8.21. The summed E-state index contributed by atoms with van der Waals surface area (Å²) in [5.74, 6) is 0.491. The number of aromatic nitrogens is 3. The van der Waals surface area contributed by atoms with E-state index in [4.69, 9.17) is 17.3 Å². The molecule has 0 amide bonds. The van der Waals surface area contributed by atoms with Crippen molar-refractivity contribution in [3.8, 4) is 11.4 Å². The number of nitrogens with zero attached hydrogens (tertiary/aromatic N) is 3. The highest BCUT2D eigenvalue weighted by Gasteiger charge is 2.29. The highest BCUT2D eigenvalue weighted by molar-refractivity contribution is 7.71. The molecule has 27 heavy (non-hydrogen) atoms. The molecule has 4 rings (SSSR count). The van der Waals surface area contributed by atoms with Crippen LogP contribution in [0.1, 0.15) is 23.4 Å². The average Bonchev–Trinajstić information content (AvgIpc) is 3.26. The highest BCUT2D eigenvalue weighted by Crippen LogP contribution is 2.25. The summed E-state index contributed by atoms with van der Waals surface area (Å²) in [6.07, 6.45) is 2.90. The molecule has 1 unspecified atom stereocenters. The summed E-state index contributed by atoms with van der Waals surface area (Å²) in [6.45, 7) is 8.46. The van der Waals surface area contributed by atoms with E-state index in [1.807, 2.05) is 26.7 Å². The SMILES string of the molecule is C=CCn1c(-c2ccc(F)cc2)nn(C[NH+]2CCc3sccc3[C@H]2C)c1=S. The fraction of sp³-hybridized carbons (Fsp3) is 0.300. The quantitative estimate of drug-likeness (QED) is 0.522. The van der Waals surface area contributed by atoms with E-state index in [0.29, 0.717) is 24.0 Å². The number of thiophene rings is 1. The van der Waals surface area contributed by atoms with Crippen molar-refractivity contribution in [3.63, 3.8) is 0 Å². The molecule has 1 aromatic carbocycles. The number of halogens is 1. The smallest absolute Gasteiger partial charge is 0.203 e. The van der Waals surface area contributed by atoms with E-state index in [1.165, 1.54) is 27.5 Å². The van der Waals surface area contributed by atoms with Gasteiger partial charge in [-0.2, -0.15) is 4.68 Å². The van der Waals surface area contributed by atoms with Crippen molar-refractivity contribution in [2.24, 2.45) is 0 Å². The van der Waals surface area contributed by atoms with Crippen LogP contribution in [-0.2, 0) is 19.6 Å². The van der Waals surface area contributed by atoms with Gasteiger partial charge in [0.05, 0.1) is 6.54 Å². The van der Waals surface area contributed by atoms with Crippen molar-refractivity contribution < 1.29 is 9.29 Å². The minimum absolute atomic E-state index is 0.259. The monoisotopic (exact) mass is 401 g/mol. The van der Waals surface area contributed by atoms with Crippen molar-refractivity contribution in [1.82, 2.24) is 14.3 Å². The van der Waals surface area contributed by atoms with Gasteiger partial charge < -0.3 is 4.90 Å². The maximum absolute atomic E-state index is 13.3. The Labute approximate surface area is 167 Å². The van der Waals surface area contributed by atoms with Gasteiger partial charge in [0.25, 0.3) is 0 Å². The number of fused-ring (bicyclic) bond motifs is 1. The largest absolute Gasteiger partial charge is 0.310 e. The first kappa shape index (κ1) is 18.3. The Hall–Kier alpha value is -2.09. The molecule has 1 aliphatic rings. The fourth-order valence-corrected chi connectivity index (χ4v) is 4.95. The number of hydrogen-bond acceptors (Lipinski definition) is 3. The minimum atomic E-state index is -0.259. The maximum atomic E-state index is 13.3. The Morgan fingerprint density at radius 3 is 2.89 bits per heavy atom. The van der Waals surface area contributed by atoms with Gasteiger partial charge in [-0.25, -0.2) is 4.39 Å². The number of rotatable bonds is 5. The predicted octanol–water partition coefficient (Wildman–Crippen LogP) is 3.63. The molecule has 0 bridgehead atoms. The third-order valence-electron chi connectivity index (χ3n) is 5.22. The van der Waals surface area contributed by atoms with Crippen molar-refractivity contribution in [1.29, 1.82) is 0 Å². The zero-order valence-electron chi connectivity index (χ0n) is 15.2. The lowest BCUT2D eigenvalue weighted by Crippen LogP contribution is -3.12. The van der Waals surface area contributed by atoms with Crippen LogP contribution in [0, 0.1) is 10.6 Å². The molecule has 0 saturated carbocycles. The molecular weight excluding hydrogens is 379 g/mol. The zero-order valence-corrected chi connectivity index (χ0v) is 16.8.